The molecule has 2 aliphatic rings. The molecule has 0 aromatic carbocycles. The fourth-order valence-corrected chi connectivity index (χ4v) is 3.59. The summed E-state index contributed by atoms with van der Waals surface area (Å²) in [6.45, 7) is 4.59. The van der Waals surface area contributed by atoms with Crippen molar-refractivity contribution in [1.82, 2.24) is 4.90 Å². The van der Waals surface area contributed by atoms with E-state index < -0.39 is 0 Å². The third-order valence-corrected chi connectivity index (χ3v) is 4.57. The van der Waals surface area contributed by atoms with Gasteiger partial charge in [0.15, 0.2) is 0 Å². The van der Waals surface area contributed by atoms with Crippen molar-refractivity contribution in [3.05, 3.63) is 0 Å². The predicted molar refractivity (Wildman–Crippen MR) is 58.6 cm³/mol. The molecule has 2 saturated heterocycles. The minimum Gasteiger partial charge on any atom is -0.359 e. The highest BCUT2D eigenvalue weighted by Crippen LogP contribution is 2.38. The Balaban J connectivity index is 1.92. The second kappa shape index (κ2) is 3.52. The van der Waals surface area contributed by atoms with Gasteiger partial charge in [0.25, 0.3) is 0 Å². The fraction of sp³-hybridized carbons (Fsp3) is 0.900. The average Bonchev–Trinajstić information content (AvgIpc) is 2.64. The zero-order chi connectivity index (χ0) is 9.31. The first-order valence-corrected chi connectivity index (χ1v) is 6.15. The van der Waals surface area contributed by atoms with Crippen LogP contribution >= 0.6 is 11.8 Å². The molecule has 2 rings (SSSR count). The van der Waals surface area contributed by atoms with Crippen LogP contribution in [0.1, 0.15) is 32.6 Å². The lowest BCUT2D eigenvalue weighted by Crippen LogP contribution is -2.37. The largest absolute Gasteiger partial charge is 0.359 e. The SMILES string of the molecule is CC1(CN2CCCC2=N)CCCS1. The molecule has 2 fully saturated rings. The number of likely N-dealkylation sites (tertiary alicyclic amines) is 1. The Labute approximate surface area is 84.6 Å². The molecule has 2 aliphatic heterocycles. The third-order valence-electron chi connectivity index (χ3n) is 3.05. The lowest BCUT2D eigenvalue weighted by Gasteiger charge is -2.29. The highest BCUT2D eigenvalue weighted by atomic mass is 32.2. The number of hydrogen-bond acceptors (Lipinski definition) is 2. The molecule has 2 heterocycles. The first kappa shape index (κ1) is 9.38. The second-order valence-electron chi connectivity index (χ2n) is 4.37. The van der Waals surface area contributed by atoms with Gasteiger partial charge in [-0.15, -0.1) is 0 Å². The number of thioether (sulfide) groups is 1. The lowest BCUT2D eigenvalue weighted by molar-refractivity contribution is 0.390. The summed E-state index contributed by atoms with van der Waals surface area (Å²) in [5.41, 5.74) is 0. The fourth-order valence-electron chi connectivity index (χ4n) is 2.27. The topological polar surface area (TPSA) is 27.1 Å². The molecule has 0 bridgehead atoms. The molecule has 3 heteroatoms. The summed E-state index contributed by atoms with van der Waals surface area (Å²) in [6, 6.07) is 0. The molecule has 1 unspecified atom stereocenters. The van der Waals surface area contributed by atoms with Gasteiger partial charge in [0, 0.05) is 24.3 Å². The summed E-state index contributed by atoms with van der Waals surface area (Å²) >= 11 is 2.10. The molecule has 74 valence electrons. The van der Waals surface area contributed by atoms with Crippen LogP contribution in [0.15, 0.2) is 0 Å². The van der Waals surface area contributed by atoms with Gasteiger partial charge in [0.1, 0.15) is 0 Å². The molecule has 0 radical (unpaired) electrons. The van der Waals surface area contributed by atoms with Crippen LogP contribution in [0.25, 0.3) is 0 Å². The summed E-state index contributed by atoms with van der Waals surface area (Å²) in [6.07, 6.45) is 4.89. The van der Waals surface area contributed by atoms with Crippen molar-refractivity contribution in [2.45, 2.75) is 37.4 Å². The molecule has 0 saturated carbocycles. The Morgan fingerprint density at radius 3 is 2.92 bits per heavy atom. The Kier molecular flexibility index (Phi) is 2.54. The van der Waals surface area contributed by atoms with Crippen molar-refractivity contribution in [2.75, 3.05) is 18.8 Å². The second-order valence-corrected chi connectivity index (χ2v) is 6.06. The molecule has 0 aromatic heterocycles. The standard InChI is InChI=1S/C10H18N2S/c1-10(5-3-7-13-10)8-12-6-2-4-9(12)11/h11H,2-8H2,1H3. The van der Waals surface area contributed by atoms with E-state index in [2.05, 4.69) is 23.6 Å². The first-order valence-electron chi connectivity index (χ1n) is 5.16. The van der Waals surface area contributed by atoms with E-state index in [-0.39, 0.29) is 0 Å². The monoisotopic (exact) mass is 198 g/mol. The summed E-state index contributed by atoms with van der Waals surface area (Å²) < 4.78 is 0.441. The smallest absolute Gasteiger partial charge is 0.0958 e. The van der Waals surface area contributed by atoms with Crippen LogP contribution in [0.5, 0.6) is 0 Å². The van der Waals surface area contributed by atoms with Crippen molar-refractivity contribution in [3.63, 3.8) is 0 Å². The normalized spacial score (nSPS) is 34.5. The van der Waals surface area contributed by atoms with Crippen LogP contribution in [0, 0.1) is 5.41 Å². The van der Waals surface area contributed by atoms with Gasteiger partial charge in [0.2, 0.25) is 0 Å². The molecular weight excluding hydrogens is 180 g/mol. The first-order chi connectivity index (χ1) is 6.20. The van der Waals surface area contributed by atoms with Crippen molar-refractivity contribution >= 4 is 17.6 Å². The summed E-state index contributed by atoms with van der Waals surface area (Å²) in [5.74, 6) is 2.19. The Bertz CT molecular complexity index is 209. The molecule has 2 nitrogen and oxygen atoms in total. The molecular formula is C10H18N2S. The van der Waals surface area contributed by atoms with Gasteiger partial charge >= 0.3 is 0 Å². The van der Waals surface area contributed by atoms with Gasteiger partial charge in [-0.1, -0.05) is 0 Å². The molecule has 0 amide bonds. The summed E-state index contributed by atoms with van der Waals surface area (Å²) in [7, 11) is 0. The molecule has 1 N–H and O–H groups in total. The van der Waals surface area contributed by atoms with Crippen molar-refractivity contribution < 1.29 is 0 Å². The van der Waals surface area contributed by atoms with E-state index in [9.17, 15) is 0 Å². The molecule has 0 aromatic rings. The molecule has 1 atom stereocenters. The van der Waals surface area contributed by atoms with Crippen LogP contribution < -0.4 is 0 Å². The van der Waals surface area contributed by atoms with Crippen LogP contribution in [-0.4, -0.2) is 34.3 Å². The van der Waals surface area contributed by atoms with E-state index in [4.69, 9.17) is 5.41 Å². The van der Waals surface area contributed by atoms with Crippen molar-refractivity contribution in [1.29, 1.82) is 5.41 Å². The average molecular weight is 198 g/mol. The molecule has 0 aliphatic carbocycles. The van der Waals surface area contributed by atoms with Gasteiger partial charge in [-0.2, -0.15) is 11.8 Å². The lowest BCUT2D eigenvalue weighted by atomic mass is 10.1. The van der Waals surface area contributed by atoms with E-state index in [1.807, 2.05) is 0 Å². The van der Waals surface area contributed by atoms with E-state index in [0.29, 0.717) is 4.75 Å². The predicted octanol–water partition coefficient (Wildman–Crippen LogP) is 2.35. The number of hydrogen-bond donors (Lipinski definition) is 1. The highest BCUT2D eigenvalue weighted by molar-refractivity contribution is 8.00. The van der Waals surface area contributed by atoms with E-state index in [1.54, 1.807) is 0 Å². The summed E-state index contributed by atoms with van der Waals surface area (Å²) in [4.78, 5) is 2.28. The molecule has 0 spiro atoms. The van der Waals surface area contributed by atoms with Gasteiger partial charge in [-0.25, -0.2) is 0 Å². The van der Waals surface area contributed by atoms with E-state index in [1.165, 1.54) is 25.0 Å². The maximum atomic E-state index is 7.77. The number of amidine groups is 1. The quantitative estimate of drug-likeness (QED) is 0.737. The van der Waals surface area contributed by atoms with Gasteiger partial charge in [-0.05, 0) is 31.9 Å². The van der Waals surface area contributed by atoms with Crippen LogP contribution in [-0.2, 0) is 0 Å². The minimum atomic E-state index is 0.441. The van der Waals surface area contributed by atoms with Crippen LogP contribution in [0.4, 0.5) is 0 Å². The van der Waals surface area contributed by atoms with E-state index >= 15 is 0 Å². The maximum Gasteiger partial charge on any atom is 0.0958 e. The molecule has 13 heavy (non-hydrogen) atoms. The Hall–Kier alpha value is -0.180. The minimum absolute atomic E-state index is 0.441. The summed E-state index contributed by atoms with van der Waals surface area (Å²) in [5, 5.41) is 7.77. The Morgan fingerprint density at radius 1 is 1.54 bits per heavy atom. The zero-order valence-electron chi connectivity index (χ0n) is 8.31. The van der Waals surface area contributed by atoms with Gasteiger partial charge in [0.05, 0.1) is 5.84 Å². The van der Waals surface area contributed by atoms with E-state index in [0.717, 1.165) is 25.3 Å². The van der Waals surface area contributed by atoms with Crippen molar-refractivity contribution in [2.24, 2.45) is 0 Å². The highest BCUT2D eigenvalue weighted by Gasteiger charge is 2.33. The zero-order valence-corrected chi connectivity index (χ0v) is 9.12. The Morgan fingerprint density at radius 2 is 2.38 bits per heavy atom. The maximum absolute atomic E-state index is 7.77. The number of nitrogens with one attached hydrogen (secondary N) is 1. The van der Waals surface area contributed by atoms with Gasteiger partial charge < -0.3 is 4.90 Å². The van der Waals surface area contributed by atoms with Crippen molar-refractivity contribution in [3.8, 4) is 0 Å². The van der Waals surface area contributed by atoms with Crippen LogP contribution in [0.2, 0.25) is 0 Å². The third kappa shape index (κ3) is 2.01. The van der Waals surface area contributed by atoms with Gasteiger partial charge in [-0.3, -0.25) is 5.41 Å². The number of nitrogens with zero attached hydrogens (tertiary/aromatic N) is 1. The van der Waals surface area contributed by atoms with Crippen LogP contribution in [0.3, 0.4) is 0 Å². The number of rotatable bonds is 2.